The van der Waals surface area contributed by atoms with Crippen molar-refractivity contribution in [1.29, 1.82) is 0 Å². The average Bonchev–Trinajstić information content (AvgIpc) is 3.11. The van der Waals surface area contributed by atoms with E-state index in [-0.39, 0.29) is 5.91 Å². The van der Waals surface area contributed by atoms with Crippen molar-refractivity contribution in [3.63, 3.8) is 0 Å². The summed E-state index contributed by atoms with van der Waals surface area (Å²) in [7, 11) is 1.63. The second kappa shape index (κ2) is 5.56. The average molecular weight is 304 g/mol. The molecule has 1 atom stereocenters. The molecule has 0 bridgehead atoms. The van der Waals surface area contributed by atoms with Crippen molar-refractivity contribution in [1.82, 2.24) is 4.90 Å². The van der Waals surface area contributed by atoms with E-state index in [2.05, 4.69) is 6.92 Å². The number of thiophene rings is 1. The molecule has 0 aliphatic carbocycles. The van der Waals surface area contributed by atoms with Crippen molar-refractivity contribution < 1.29 is 9.53 Å². The number of carbonyl (C=O) groups is 1. The topological polar surface area (TPSA) is 55.6 Å². The first-order chi connectivity index (χ1) is 10.2. The van der Waals surface area contributed by atoms with Crippen LogP contribution in [0, 0.1) is 0 Å². The number of rotatable bonds is 3. The number of fused-ring (bicyclic) bond motifs is 1. The fourth-order valence-electron chi connectivity index (χ4n) is 3.13. The molecule has 1 fully saturated rings. The predicted octanol–water partition coefficient (Wildman–Crippen LogP) is 3.51. The highest BCUT2D eigenvalue weighted by molar-refractivity contribution is 7.21. The molecule has 1 amide bonds. The van der Waals surface area contributed by atoms with Gasteiger partial charge in [-0.1, -0.05) is 13.0 Å². The molecule has 4 nitrogen and oxygen atoms in total. The fourth-order valence-corrected chi connectivity index (χ4v) is 4.22. The highest BCUT2D eigenvalue weighted by atomic mass is 32.1. The van der Waals surface area contributed by atoms with Gasteiger partial charge in [0.05, 0.1) is 18.2 Å². The number of hydrogen-bond acceptors (Lipinski definition) is 4. The van der Waals surface area contributed by atoms with E-state index in [4.69, 9.17) is 10.5 Å². The first-order valence-corrected chi connectivity index (χ1v) is 8.15. The molecule has 3 rings (SSSR count). The number of anilines is 1. The van der Waals surface area contributed by atoms with Crippen molar-refractivity contribution in [3.05, 3.63) is 23.1 Å². The van der Waals surface area contributed by atoms with Gasteiger partial charge in [0, 0.05) is 17.3 Å². The van der Waals surface area contributed by atoms with Gasteiger partial charge in [-0.3, -0.25) is 4.79 Å². The maximum absolute atomic E-state index is 12.8. The normalized spacial score (nSPS) is 18.4. The summed E-state index contributed by atoms with van der Waals surface area (Å²) in [6.45, 7) is 2.97. The Hall–Kier alpha value is -1.75. The fraction of sp³-hybridized carbons (Fsp3) is 0.438. The van der Waals surface area contributed by atoms with Crippen LogP contribution in [-0.4, -0.2) is 30.5 Å². The van der Waals surface area contributed by atoms with E-state index < -0.39 is 0 Å². The quantitative estimate of drug-likeness (QED) is 0.944. The molecule has 1 aromatic heterocycles. The van der Waals surface area contributed by atoms with Crippen LogP contribution in [0.4, 0.5) is 5.69 Å². The summed E-state index contributed by atoms with van der Waals surface area (Å²) in [5.41, 5.74) is 6.81. The van der Waals surface area contributed by atoms with E-state index in [1.807, 2.05) is 23.1 Å². The largest absolute Gasteiger partial charge is 0.496 e. The molecule has 1 unspecified atom stereocenters. The second-order valence-electron chi connectivity index (χ2n) is 5.38. The molecule has 0 radical (unpaired) electrons. The summed E-state index contributed by atoms with van der Waals surface area (Å²) in [5.74, 6) is 0.800. The predicted molar refractivity (Wildman–Crippen MR) is 87.1 cm³/mol. The minimum Gasteiger partial charge on any atom is -0.496 e. The van der Waals surface area contributed by atoms with Crippen molar-refractivity contribution in [2.24, 2.45) is 0 Å². The molecule has 112 valence electrons. The van der Waals surface area contributed by atoms with Gasteiger partial charge in [0.2, 0.25) is 0 Å². The maximum Gasteiger partial charge on any atom is 0.266 e. The molecule has 2 N–H and O–H groups in total. The Morgan fingerprint density at radius 1 is 1.52 bits per heavy atom. The van der Waals surface area contributed by atoms with E-state index in [1.54, 1.807) is 7.11 Å². The number of nitrogens with two attached hydrogens (primary N) is 1. The van der Waals surface area contributed by atoms with Gasteiger partial charge >= 0.3 is 0 Å². The summed E-state index contributed by atoms with van der Waals surface area (Å²) in [4.78, 5) is 15.4. The number of nitrogen functional groups attached to an aromatic ring is 1. The zero-order valence-electron chi connectivity index (χ0n) is 12.4. The third-order valence-electron chi connectivity index (χ3n) is 4.24. The number of likely N-dealkylation sites (tertiary alicyclic amines) is 1. The summed E-state index contributed by atoms with van der Waals surface area (Å²) < 4.78 is 6.37. The Morgan fingerprint density at radius 2 is 2.33 bits per heavy atom. The van der Waals surface area contributed by atoms with Crippen molar-refractivity contribution in [2.75, 3.05) is 19.4 Å². The summed E-state index contributed by atoms with van der Waals surface area (Å²) >= 11 is 1.46. The van der Waals surface area contributed by atoms with Gasteiger partial charge < -0.3 is 15.4 Å². The molecule has 2 aromatic rings. The van der Waals surface area contributed by atoms with E-state index in [0.29, 0.717) is 16.6 Å². The second-order valence-corrected chi connectivity index (χ2v) is 6.43. The van der Waals surface area contributed by atoms with Crippen LogP contribution in [0.5, 0.6) is 5.75 Å². The highest BCUT2D eigenvalue weighted by Gasteiger charge is 2.31. The lowest BCUT2D eigenvalue weighted by Gasteiger charge is -2.23. The first-order valence-electron chi connectivity index (χ1n) is 7.33. The number of nitrogens with zero attached hydrogens (tertiary/aromatic N) is 1. The zero-order chi connectivity index (χ0) is 15.0. The minimum atomic E-state index is 0.0695. The van der Waals surface area contributed by atoms with Gasteiger partial charge in [0.15, 0.2) is 0 Å². The standard InChI is InChI=1S/C16H20N2O2S/c1-3-10-6-5-9-18(10)16(19)15-14(17)13-11(20-2)7-4-8-12(13)21-15/h4,7-8,10H,3,5-6,9,17H2,1-2H3. The van der Waals surface area contributed by atoms with Crippen molar-refractivity contribution in [2.45, 2.75) is 32.2 Å². The molecule has 2 heterocycles. The lowest BCUT2D eigenvalue weighted by Crippen LogP contribution is -2.34. The molecule has 1 saturated heterocycles. The maximum atomic E-state index is 12.8. The number of hydrogen-bond donors (Lipinski definition) is 1. The van der Waals surface area contributed by atoms with Gasteiger partial charge in [-0.05, 0) is 31.4 Å². The van der Waals surface area contributed by atoms with Crippen LogP contribution < -0.4 is 10.5 Å². The first kappa shape index (κ1) is 14.2. The van der Waals surface area contributed by atoms with E-state index in [1.165, 1.54) is 11.3 Å². The summed E-state index contributed by atoms with van der Waals surface area (Å²) in [6.07, 6.45) is 3.18. The lowest BCUT2D eigenvalue weighted by molar-refractivity contribution is 0.0739. The molecular weight excluding hydrogens is 284 g/mol. The number of carbonyl (C=O) groups excluding carboxylic acids is 1. The molecular formula is C16H20N2O2S. The van der Waals surface area contributed by atoms with Crippen LogP contribution in [0.15, 0.2) is 18.2 Å². The van der Waals surface area contributed by atoms with E-state index >= 15 is 0 Å². The number of methoxy groups -OCH3 is 1. The van der Waals surface area contributed by atoms with E-state index in [9.17, 15) is 4.79 Å². The van der Waals surface area contributed by atoms with Crippen LogP contribution >= 0.6 is 11.3 Å². The summed E-state index contributed by atoms with van der Waals surface area (Å²) in [5, 5.41) is 0.862. The van der Waals surface area contributed by atoms with Crippen LogP contribution in [0.25, 0.3) is 10.1 Å². The smallest absolute Gasteiger partial charge is 0.266 e. The lowest BCUT2D eigenvalue weighted by atomic mass is 10.1. The SMILES string of the molecule is CCC1CCCN1C(=O)c1sc2cccc(OC)c2c1N. The minimum absolute atomic E-state index is 0.0695. The third-order valence-corrected chi connectivity index (χ3v) is 5.40. The molecule has 1 aromatic carbocycles. The Labute approximate surface area is 128 Å². The molecule has 0 saturated carbocycles. The van der Waals surface area contributed by atoms with Crippen LogP contribution in [0.2, 0.25) is 0 Å². The van der Waals surface area contributed by atoms with Gasteiger partial charge in [-0.15, -0.1) is 11.3 Å². The molecule has 5 heteroatoms. The molecule has 1 aliphatic heterocycles. The van der Waals surface area contributed by atoms with Gasteiger partial charge in [0.1, 0.15) is 10.6 Å². The Kier molecular flexibility index (Phi) is 3.76. The Bertz CT molecular complexity index is 680. The van der Waals surface area contributed by atoms with Crippen molar-refractivity contribution >= 4 is 33.0 Å². The highest BCUT2D eigenvalue weighted by Crippen LogP contribution is 2.40. The van der Waals surface area contributed by atoms with Crippen LogP contribution in [0.1, 0.15) is 35.9 Å². The Morgan fingerprint density at radius 3 is 3.05 bits per heavy atom. The summed E-state index contributed by atoms with van der Waals surface area (Å²) in [6, 6.07) is 6.14. The molecule has 0 spiro atoms. The van der Waals surface area contributed by atoms with Gasteiger partial charge in [-0.2, -0.15) is 0 Å². The van der Waals surface area contributed by atoms with Crippen molar-refractivity contribution in [3.8, 4) is 5.75 Å². The zero-order valence-corrected chi connectivity index (χ0v) is 13.2. The van der Waals surface area contributed by atoms with E-state index in [0.717, 1.165) is 41.6 Å². The van der Waals surface area contributed by atoms with Gasteiger partial charge in [0.25, 0.3) is 5.91 Å². The molecule has 21 heavy (non-hydrogen) atoms. The number of ether oxygens (including phenoxy) is 1. The monoisotopic (exact) mass is 304 g/mol. The van der Waals surface area contributed by atoms with Gasteiger partial charge in [-0.25, -0.2) is 0 Å². The van der Waals surface area contributed by atoms with Crippen LogP contribution in [0.3, 0.4) is 0 Å². The number of amides is 1. The molecule has 1 aliphatic rings. The third kappa shape index (κ3) is 2.25. The Balaban J connectivity index is 2.05. The number of benzene rings is 1. The van der Waals surface area contributed by atoms with Crippen LogP contribution in [-0.2, 0) is 0 Å².